The van der Waals surface area contributed by atoms with Crippen LogP contribution in [-0.2, 0) is 9.53 Å². The normalized spacial score (nSPS) is 11.9. The number of rotatable bonds is 6. The van der Waals surface area contributed by atoms with E-state index in [1.807, 2.05) is 0 Å². The van der Waals surface area contributed by atoms with Crippen molar-refractivity contribution in [2.75, 3.05) is 13.7 Å². The molecule has 7 nitrogen and oxygen atoms in total. The van der Waals surface area contributed by atoms with Crippen LogP contribution < -0.4 is 15.0 Å². The molecular weight excluding hydrogens is 384 g/mol. The zero-order valence-corrected chi connectivity index (χ0v) is 16.4. The van der Waals surface area contributed by atoms with Gasteiger partial charge in [0.05, 0.1) is 29.6 Å². The second-order valence-corrected chi connectivity index (χ2v) is 6.34. The highest BCUT2D eigenvalue weighted by atomic mass is 35.5. The van der Waals surface area contributed by atoms with Crippen molar-refractivity contribution in [3.8, 4) is 22.9 Å². The number of hydrogen-bond donors (Lipinski definition) is 1. The van der Waals surface area contributed by atoms with Crippen molar-refractivity contribution in [2.24, 2.45) is 0 Å². The number of nitrogens with zero attached hydrogens (tertiary/aromatic N) is 1. The van der Waals surface area contributed by atoms with E-state index < -0.39 is 12.1 Å². The van der Waals surface area contributed by atoms with E-state index in [0.717, 1.165) is 0 Å². The van der Waals surface area contributed by atoms with E-state index in [2.05, 4.69) is 9.97 Å². The summed E-state index contributed by atoms with van der Waals surface area (Å²) >= 11 is 6.37. The molecule has 0 saturated heterocycles. The van der Waals surface area contributed by atoms with Crippen LogP contribution in [0.25, 0.3) is 22.3 Å². The molecule has 0 amide bonds. The summed E-state index contributed by atoms with van der Waals surface area (Å²) in [5.74, 6) is 0.338. The molecule has 0 aliphatic heterocycles. The fraction of sp³-hybridized carbons (Fsp3) is 0.250. The molecule has 1 unspecified atom stereocenters. The van der Waals surface area contributed by atoms with E-state index in [0.29, 0.717) is 28.0 Å². The first-order valence-electron chi connectivity index (χ1n) is 8.64. The van der Waals surface area contributed by atoms with Crippen LogP contribution in [0.3, 0.4) is 0 Å². The summed E-state index contributed by atoms with van der Waals surface area (Å²) in [4.78, 5) is 31.4. The highest BCUT2D eigenvalue weighted by Gasteiger charge is 2.21. The van der Waals surface area contributed by atoms with Crippen LogP contribution in [0.15, 0.2) is 41.2 Å². The van der Waals surface area contributed by atoms with Gasteiger partial charge in [0.2, 0.25) is 0 Å². The van der Waals surface area contributed by atoms with Gasteiger partial charge in [-0.25, -0.2) is 9.78 Å². The number of ether oxygens (including phenoxy) is 3. The van der Waals surface area contributed by atoms with E-state index >= 15 is 0 Å². The summed E-state index contributed by atoms with van der Waals surface area (Å²) < 4.78 is 15.9. The minimum Gasteiger partial charge on any atom is -0.493 e. The fourth-order valence-corrected chi connectivity index (χ4v) is 2.93. The summed E-state index contributed by atoms with van der Waals surface area (Å²) in [5, 5.41) is 0.703. The van der Waals surface area contributed by atoms with Gasteiger partial charge in [-0.15, -0.1) is 0 Å². The van der Waals surface area contributed by atoms with Gasteiger partial charge in [-0.2, -0.15) is 0 Å². The van der Waals surface area contributed by atoms with Gasteiger partial charge in [-0.1, -0.05) is 23.7 Å². The van der Waals surface area contributed by atoms with E-state index in [1.54, 1.807) is 50.2 Å². The van der Waals surface area contributed by atoms with Crippen molar-refractivity contribution in [3.63, 3.8) is 0 Å². The van der Waals surface area contributed by atoms with Gasteiger partial charge in [0.25, 0.3) is 5.56 Å². The molecule has 3 rings (SSSR count). The number of benzene rings is 2. The van der Waals surface area contributed by atoms with Gasteiger partial charge in [-0.3, -0.25) is 4.79 Å². The summed E-state index contributed by atoms with van der Waals surface area (Å²) in [6.45, 7) is 3.52. The summed E-state index contributed by atoms with van der Waals surface area (Å²) in [6.07, 6.45) is -0.865. The van der Waals surface area contributed by atoms with Crippen molar-refractivity contribution in [1.82, 2.24) is 9.97 Å². The molecule has 2 aromatic carbocycles. The topological polar surface area (TPSA) is 90.5 Å². The molecule has 3 aromatic rings. The molecule has 0 fully saturated rings. The Balaban J connectivity index is 2.02. The fourth-order valence-electron chi connectivity index (χ4n) is 2.68. The molecule has 1 heterocycles. The molecule has 1 aromatic heterocycles. The maximum Gasteiger partial charge on any atom is 0.347 e. The zero-order chi connectivity index (χ0) is 20.3. The number of aromatic amines is 1. The smallest absolute Gasteiger partial charge is 0.347 e. The molecule has 0 saturated carbocycles. The monoisotopic (exact) mass is 402 g/mol. The number of H-pyrrole nitrogens is 1. The lowest BCUT2D eigenvalue weighted by molar-refractivity contribution is -0.150. The van der Waals surface area contributed by atoms with Crippen molar-refractivity contribution in [1.29, 1.82) is 0 Å². The van der Waals surface area contributed by atoms with Crippen LogP contribution in [0.4, 0.5) is 0 Å². The Morgan fingerprint density at radius 1 is 1.29 bits per heavy atom. The Hall–Kier alpha value is -3.06. The molecule has 146 valence electrons. The van der Waals surface area contributed by atoms with E-state index in [9.17, 15) is 9.59 Å². The Morgan fingerprint density at radius 2 is 2.04 bits per heavy atom. The molecular formula is C20H19ClN2O5. The summed E-state index contributed by atoms with van der Waals surface area (Å²) in [6, 6.07) is 10.3. The van der Waals surface area contributed by atoms with Crippen LogP contribution in [0.5, 0.6) is 11.5 Å². The summed E-state index contributed by atoms with van der Waals surface area (Å²) in [7, 11) is 1.45. The van der Waals surface area contributed by atoms with Crippen molar-refractivity contribution in [2.45, 2.75) is 20.0 Å². The van der Waals surface area contributed by atoms with E-state index in [-0.39, 0.29) is 22.9 Å². The number of esters is 1. The van der Waals surface area contributed by atoms with Crippen LogP contribution >= 0.6 is 11.6 Å². The highest BCUT2D eigenvalue weighted by Crippen LogP contribution is 2.39. The number of carbonyl (C=O) groups excluding carboxylic acids is 1. The SMILES string of the molecule is CCOC(=O)C(C)Oc1c(Cl)cc(-c2nc3ccccc3c(=O)[nH]2)cc1OC. The lowest BCUT2D eigenvalue weighted by Crippen LogP contribution is -2.26. The lowest BCUT2D eigenvalue weighted by atomic mass is 10.1. The highest BCUT2D eigenvalue weighted by molar-refractivity contribution is 6.32. The molecule has 1 atom stereocenters. The average molecular weight is 403 g/mol. The maximum absolute atomic E-state index is 12.3. The van der Waals surface area contributed by atoms with Crippen molar-refractivity contribution >= 4 is 28.5 Å². The third kappa shape index (κ3) is 3.94. The maximum atomic E-state index is 12.3. The number of methoxy groups -OCH3 is 1. The Labute approximate surface area is 166 Å². The Bertz CT molecular complexity index is 1080. The summed E-state index contributed by atoms with van der Waals surface area (Å²) in [5.41, 5.74) is 0.848. The number of nitrogens with one attached hydrogen (secondary N) is 1. The zero-order valence-electron chi connectivity index (χ0n) is 15.6. The molecule has 0 bridgehead atoms. The number of halogens is 1. The second-order valence-electron chi connectivity index (χ2n) is 5.93. The number of aromatic nitrogens is 2. The van der Waals surface area contributed by atoms with Crippen molar-refractivity contribution in [3.05, 3.63) is 51.8 Å². The van der Waals surface area contributed by atoms with Crippen LogP contribution in [0.2, 0.25) is 5.02 Å². The Kier molecular flexibility index (Phi) is 5.84. The van der Waals surface area contributed by atoms with Gasteiger partial charge in [0, 0.05) is 5.56 Å². The number of carbonyl (C=O) groups is 1. The van der Waals surface area contributed by atoms with Gasteiger partial charge in [0.15, 0.2) is 17.6 Å². The minimum atomic E-state index is -0.865. The van der Waals surface area contributed by atoms with Crippen LogP contribution in [0, 0.1) is 0 Å². The number of hydrogen-bond acceptors (Lipinski definition) is 6. The van der Waals surface area contributed by atoms with Gasteiger partial charge < -0.3 is 19.2 Å². The molecule has 0 spiro atoms. The predicted molar refractivity (Wildman–Crippen MR) is 106 cm³/mol. The standard InChI is InChI=1S/C20H19ClN2O5/c1-4-27-20(25)11(2)28-17-14(21)9-12(10-16(17)26-3)18-22-15-8-6-5-7-13(15)19(24)23-18/h5-11H,4H2,1-3H3,(H,22,23,24). The van der Waals surface area contributed by atoms with Gasteiger partial charge in [0.1, 0.15) is 5.82 Å². The third-order valence-electron chi connectivity index (χ3n) is 4.03. The quantitative estimate of drug-likeness (QED) is 0.634. The minimum absolute atomic E-state index is 0.205. The number of para-hydroxylation sites is 1. The van der Waals surface area contributed by atoms with Gasteiger partial charge >= 0.3 is 5.97 Å². The van der Waals surface area contributed by atoms with Crippen LogP contribution in [0.1, 0.15) is 13.8 Å². The lowest BCUT2D eigenvalue weighted by Gasteiger charge is -2.17. The molecule has 0 aliphatic rings. The molecule has 1 N–H and O–H groups in total. The van der Waals surface area contributed by atoms with E-state index in [4.69, 9.17) is 25.8 Å². The largest absolute Gasteiger partial charge is 0.493 e. The van der Waals surface area contributed by atoms with Crippen molar-refractivity contribution < 1.29 is 19.0 Å². The second kappa shape index (κ2) is 8.31. The molecule has 8 heteroatoms. The van der Waals surface area contributed by atoms with Gasteiger partial charge in [-0.05, 0) is 38.1 Å². The van der Waals surface area contributed by atoms with Crippen LogP contribution in [-0.4, -0.2) is 35.8 Å². The first-order valence-corrected chi connectivity index (χ1v) is 9.02. The predicted octanol–water partition coefficient (Wildman–Crippen LogP) is 3.58. The third-order valence-corrected chi connectivity index (χ3v) is 4.31. The first kappa shape index (κ1) is 19.7. The molecule has 28 heavy (non-hydrogen) atoms. The Morgan fingerprint density at radius 3 is 2.75 bits per heavy atom. The molecule has 0 aliphatic carbocycles. The number of fused-ring (bicyclic) bond motifs is 1. The first-order chi connectivity index (χ1) is 13.4. The van der Waals surface area contributed by atoms with E-state index in [1.165, 1.54) is 7.11 Å². The average Bonchev–Trinajstić information content (AvgIpc) is 2.69. The molecule has 0 radical (unpaired) electrons.